The van der Waals surface area contributed by atoms with Gasteiger partial charge in [-0.3, -0.25) is 9.99 Å². The molecule has 3 heterocycles. The third-order valence-corrected chi connectivity index (χ3v) is 4.81. The second-order valence-electron chi connectivity index (χ2n) is 6.97. The minimum atomic E-state index is -1.22. The maximum Gasteiger partial charge on any atom is 0.177 e. The van der Waals surface area contributed by atoms with Crippen LogP contribution >= 0.6 is 0 Å². The maximum atomic E-state index is 10.2. The molecule has 1 aliphatic rings. The van der Waals surface area contributed by atoms with Gasteiger partial charge in [0.05, 0.1) is 12.9 Å². The molecule has 0 spiro atoms. The fraction of sp³-hybridized carbons (Fsp3) is 0.500. The molecule has 4 N–H and O–H groups in total. The minimum Gasteiger partial charge on any atom is -0.394 e. The highest BCUT2D eigenvalue weighted by molar-refractivity contribution is 5.83. The Morgan fingerprint density at radius 2 is 2.03 bits per heavy atom. The van der Waals surface area contributed by atoms with Gasteiger partial charge in [-0.05, 0) is 18.9 Å². The van der Waals surface area contributed by atoms with Crippen LogP contribution in [0.1, 0.15) is 38.8 Å². The number of ether oxygens (including phenoxy) is 1. The summed E-state index contributed by atoms with van der Waals surface area (Å²) in [6.45, 7) is 1.78. The van der Waals surface area contributed by atoms with Gasteiger partial charge in [0.1, 0.15) is 24.6 Å². The summed E-state index contributed by atoms with van der Waals surface area (Å²) < 4.78 is 7.04. The van der Waals surface area contributed by atoms with E-state index < -0.39 is 31.1 Å². The van der Waals surface area contributed by atoms with E-state index >= 15 is 0 Å². The zero-order valence-electron chi connectivity index (χ0n) is 16.9. The number of nitrogens with one attached hydrogen (secondary N) is 1. The summed E-state index contributed by atoms with van der Waals surface area (Å²) in [7, 11) is 0. The van der Waals surface area contributed by atoms with E-state index in [2.05, 4.69) is 38.5 Å². The van der Waals surface area contributed by atoms with Gasteiger partial charge < -0.3 is 20.1 Å². The van der Waals surface area contributed by atoms with Crippen molar-refractivity contribution in [2.45, 2.75) is 57.1 Å². The van der Waals surface area contributed by atoms with E-state index in [1.54, 1.807) is 12.3 Å². The van der Waals surface area contributed by atoms with Crippen molar-refractivity contribution in [3.63, 3.8) is 0 Å². The first-order valence-corrected chi connectivity index (χ1v) is 10.1. The number of unbranched alkanes of at least 4 members (excludes halogenated alkanes) is 3. The highest BCUT2D eigenvalue weighted by Gasteiger charge is 2.44. The van der Waals surface area contributed by atoms with Crippen LogP contribution in [-0.4, -0.2) is 66.0 Å². The minimum absolute atomic E-state index is 0.394. The van der Waals surface area contributed by atoms with Crippen molar-refractivity contribution < 1.29 is 20.1 Å². The van der Waals surface area contributed by atoms with E-state index in [-0.39, 0.29) is 0 Å². The summed E-state index contributed by atoms with van der Waals surface area (Å²) in [4.78, 5) is 12.6. The number of fused-ring (bicyclic) bond motifs is 1. The highest BCUT2D eigenvalue weighted by atomic mass is 16.6. The third-order valence-electron chi connectivity index (χ3n) is 4.81. The number of imidazole rings is 1. The summed E-state index contributed by atoms with van der Waals surface area (Å²) in [5.74, 6) is 0.394. The van der Waals surface area contributed by atoms with Crippen LogP contribution in [0.2, 0.25) is 0 Å². The Labute approximate surface area is 174 Å². The first kappa shape index (κ1) is 22.0. The number of aliphatic hydroxyl groups excluding tert-OH is 3. The van der Waals surface area contributed by atoms with Crippen LogP contribution in [0.3, 0.4) is 0 Å². The number of anilines is 1. The average Bonchev–Trinajstić information content (AvgIpc) is 3.31. The van der Waals surface area contributed by atoms with E-state index in [1.165, 1.54) is 36.5 Å². The van der Waals surface area contributed by atoms with Gasteiger partial charge in [-0.1, -0.05) is 38.0 Å². The number of hydrogen-bond donors (Lipinski definition) is 4. The van der Waals surface area contributed by atoms with Crippen molar-refractivity contribution in [3.05, 3.63) is 37.0 Å². The van der Waals surface area contributed by atoms with Crippen molar-refractivity contribution in [1.29, 1.82) is 0 Å². The number of rotatable bonds is 10. The molecule has 2 aromatic rings. The molecule has 3 rings (SSSR count). The molecule has 10 nitrogen and oxygen atoms in total. The lowest BCUT2D eigenvalue weighted by Crippen LogP contribution is -2.33. The van der Waals surface area contributed by atoms with Gasteiger partial charge in [0.25, 0.3) is 0 Å². The summed E-state index contributed by atoms with van der Waals surface area (Å²) in [6.07, 6.45) is 12.8. The summed E-state index contributed by atoms with van der Waals surface area (Å²) >= 11 is 0. The van der Waals surface area contributed by atoms with Crippen LogP contribution in [0.15, 0.2) is 42.1 Å². The number of aliphatic hydroxyl groups is 3. The van der Waals surface area contributed by atoms with Crippen LogP contribution in [0.5, 0.6) is 0 Å². The lowest BCUT2D eigenvalue weighted by Gasteiger charge is -2.16. The van der Waals surface area contributed by atoms with Gasteiger partial charge in [0.15, 0.2) is 23.2 Å². The van der Waals surface area contributed by atoms with Crippen molar-refractivity contribution in [2.24, 2.45) is 5.10 Å². The molecule has 0 bridgehead atoms. The summed E-state index contributed by atoms with van der Waals surface area (Å²) in [5, 5.41) is 33.6. The SMILES string of the molecule is CCCCC/C=C/C=C/C=N/Nc1ncnc2c1ncn2[C@@H]1O[C@H](CO)C(O)[C@@H]1O. The highest BCUT2D eigenvalue weighted by Crippen LogP contribution is 2.31. The van der Waals surface area contributed by atoms with Gasteiger partial charge in [-0.25, -0.2) is 15.0 Å². The Bertz CT molecular complexity index is 897. The Hall–Kier alpha value is -2.66. The number of allylic oxidation sites excluding steroid dienone is 4. The fourth-order valence-electron chi connectivity index (χ4n) is 3.17. The molecule has 1 saturated heterocycles. The van der Waals surface area contributed by atoms with E-state index in [1.807, 2.05) is 12.2 Å². The van der Waals surface area contributed by atoms with Crippen LogP contribution in [0.25, 0.3) is 11.2 Å². The molecule has 0 aromatic carbocycles. The molecule has 1 unspecified atom stereocenters. The van der Waals surface area contributed by atoms with Crippen molar-refractivity contribution in [3.8, 4) is 0 Å². The molecule has 4 atom stereocenters. The Morgan fingerprint density at radius 1 is 1.17 bits per heavy atom. The molecule has 162 valence electrons. The van der Waals surface area contributed by atoms with Crippen LogP contribution in [0, 0.1) is 0 Å². The van der Waals surface area contributed by atoms with Crippen molar-refractivity contribution in [2.75, 3.05) is 12.0 Å². The molecule has 2 aromatic heterocycles. The zero-order chi connectivity index (χ0) is 21.3. The number of nitrogens with zero attached hydrogens (tertiary/aromatic N) is 5. The van der Waals surface area contributed by atoms with E-state index in [0.29, 0.717) is 17.0 Å². The second kappa shape index (κ2) is 10.9. The lowest BCUT2D eigenvalue weighted by molar-refractivity contribution is -0.0511. The van der Waals surface area contributed by atoms with Gasteiger partial charge in [-0.2, -0.15) is 5.10 Å². The number of hydrazone groups is 1. The summed E-state index contributed by atoms with van der Waals surface area (Å²) in [6, 6.07) is 0. The van der Waals surface area contributed by atoms with Crippen LogP contribution < -0.4 is 5.43 Å². The molecule has 0 amide bonds. The maximum absolute atomic E-state index is 10.2. The standard InChI is InChI=1S/C20H28N6O4/c1-2-3-4-5-6-7-8-9-10-24-25-18-15-19(22-12-21-18)26(13-23-15)20-17(29)16(28)14(11-27)30-20/h6-10,12-14,16-17,20,27-29H,2-5,11H2,1H3,(H,21,22,25)/b7-6+,9-8+,24-10+/t14-,16?,17+,20-/m1/s1. The van der Waals surface area contributed by atoms with E-state index in [4.69, 9.17) is 4.74 Å². The fourth-order valence-corrected chi connectivity index (χ4v) is 3.17. The van der Waals surface area contributed by atoms with E-state index in [0.717, 1.165) is 6.42 Å². The number of aromatic nitrogens is 4. The molecule has 0 radical (unpaired) electrons. The first-order chi connectivity index (χ1) is 14.7. The Morgan fingerprint density at radius 3 is 2.80 bits per heavy atom. The molecule has 0 aliphatic carbocycles. The quantitative estimate of drug-likeness (QED) is 0.198. The van der Waals surface area contributed by atoms with Gasteiger partial charge in [-0.15, -0.1) is 0 Å². The molecule has 30 heavy (non-hydrogen) atoms. The molecular formula is C20H28N6O4. The van der Waals surface area contributed by atoms with Gasteiger partial charge in [0, 0.05) is 6.21 Å². The molecule has 1 fully saturated rings. The smallest absolute Gasteiger partial charge is 0.177 e. The zero-order valence-corrected chi connectivity index (χ0v) is 16.9. The Balaban J connectivity index is 1.63. The largest absolute Gasteiger partial charge is 0.394 e. The lowest BCUT2D eigenvalue weighted by atomic mass is 10.1. The van der Waals surface area contributed by atoms with E-state index in [9.17, 15) is 15.3 Å². The molecule has 10 heteroatoms. The molecule has 1 aliphatic heterocycles. The van der Waals surface area contributed by atoms with Crippen LogP contribution in [-0.2, 0) is 4.74 Å². The monoisotopic (exact) mass is 416 g/mol. The predicted molar refractivity (Wildman–Crippen MR) is 113 cm³/mol. The third kappa shape index (κ3) is 5.08. The average molecular weight is 416 g/mol. The second-order valence-corrected chi connectivity index (χ2v) is 6.97. The topological polar surface area (TPSA) is 138 Å². The first-order valence-electron chi connectivity index (χ1n) is 10.1. The molecule has 0 saturated carbocycles. The van der Waals surface area contributed by atoms with Gasteiger partial charge in [0.2, 0.25) is 0 Å². The van der Waals surface area contributed by atoms with Crippen LogP contribution in [0.4, 0.5) is 5.82 Å². The Kier molecular flexibility index (Phi) is 8.03. The predicted octanol–water partition coefficient (Wildman–Crippen LogP) is 1.53. The number of hydrogen-bond acceptors (Lipinski definition) is 9. The van der Waals surface area contributed by atoms with Crippen molar-refractivity contribution in [1.82, 2.24) is 19.5 Å². The summed E-state index contributed by atoms with van der Waals surface area (Å²) in [5.41, 5.74) is 3.67. The van der Waals surface area contributed by atoms with Gasteiger partial charge >= 0.3 is 0 Å². The normalized spacial score (nSPS) is 24.8. The molecular weight excluding hydrogens is 388 g/mol. The van der Waals surface area contributed by atoms with Crippen molar-refractivity contribution >= 4 is 23.2 Å².